The van der Waals surface area contributed by atoms with Crippen molar-refractivity contribution in [3.05, 3.63) is 0 Å². The minimum atomic E-state index is 0.331. The van der Waals surface area contributed by atoms with Gasteiger partial charge in [-0.15, -0.1) is 0 Å². The molecule has 1 atom stereocenters. The van der Waals surface area contributed by atoms with E-state index in [1.54, 1.807) is 0 Å². The van der Waals surface area contributed by atoms with Gasteiger partial charge in [0.05, 0.1) is 6.61 Å². The molecule has 0 amide bonds. The molecule has 0 saturated heterocycles. The summed E-state index contributed by atoms with van der Waals surface area (Å²) >= 11 is 0. The van der Waals surface area contributed by atoms with Crippen molar-refractivity contribution in [1.82, 2.24) is 5.32 Å². The van der Waals surface area contributed by atoms with E-state index in [-0.39, 0.29) is 0 Å². The van der Waals surface area contributed by atoms with Crippen LogP contribution in [-0.4, -0.2) is 24.3 Å². The maximum Gasteiger partial charge on any atom is 0.0587 e. The fourth-order valence-corrected chi connectivity index (χ4v) is 2.56. The van der Waals surface area contributed by atoms with Gasteiger partial charge in [0.15, 0.2) is 0 Å². The van der Waals surface area contributed by atoms with E-state index in [4.69, 9.17) is 0 Å². The van der Waals surface area contributed by atoms with E-state index in [1.165, 1.54) is 44.9 Å². The Morgan fingerprint density at radius 3 is 2.36 bits per heavy atom. The van der Waals surface area contributed by atoms with Crippen LogP contribution in [-0.2, 0) is 0 Å². The molecule has 2 heteroatoms. The highest BCUT2D eigenvalue weighted by molar-refractivity contribution is 4.82. The zero-order chi connectivity index (χ0) is 9.80. The molecule has 0 bridgehead atoms. The molecule has 0 spiro atoms. The van der Waals surface area contributed by atoms with Gasteiger partial charge in [0.2, 0.25) is 0 Å². The third-order valence-electron chi connectivity index (χ3n) is 3.78. The molecular formula is C12H23NO. The van der Waals surface area contributed by atoms with E-state index < -0.39 is 0 Å². The summed E-state index contributed by atoms with van der Waals surface area (Å²) in [5.74, 6) is 1.67. The number of aliphatic hydroxyl groups is 1. The second kappa shape index (κ2) is 5.13. The molecule has 0 heterocycles. The van der Waals surface area contributed by atoms with Crippen molar-refractivity contribution < 1.29 is 5.11 Å². The van der Waals surface area contributed by atoms with Crippen LogP contribution in [0.15, 0.2) is 0 Å². The van der Waals surface area contributed by atoms with E-state index >= 15 is 0 Å². The molecule has 0 aliphatic heterocycles. The molecular weight excluding hydrogens is 174 g/mol. The van der Waals surface area contributed by atoms with E-state index in [9.17, 15) is 5.11 Å². The standard InChI is InChI=1S/C12H23NO/c14-9-12(13-8-10-6-7-10)11-4-2-1-3-5-11/h10-14H,1-9H2. The van der Waals surface area contributed by atoms with Gasteiger partial charge < -0.3 is 10.4 Å². The molecule has 82 valence electrons. The molecule has 0 aromatic heterocycles. The van der Waals surface area contributed by atoms with Crippen LogP contribution in [0.4, 0.5) is 0 Å². The van der Waals surface area contributed by atoms with E-state index in [2.05, 4.69) is 5.32 Å². The van der Waals surface area contributed by atoms with Crippen molar-refractivity contribution in [2.45, 2.75) is 51.0 Å². The van der Waals surface area contributed by atoms with Gasteiger partial charge in [-0.3, -0.25) is 0 Å². The summed E-state index contributed by atoms with van der Waals surface area (Å²) in [4.78, 5) is 0. The molecule has 2 nitrogen and oxygen atoms in total. The van der Waals surface area contributed by atoms with Crippen molar-refractivity contribution in [3.8, 4) is 0 Å². The third-order valence-corrected chi connectivity index (χ3v) is 3.78. The van der Waals surface area contributed by atoms with Crippen LogP contribution in [0.1, 0.15) is 44.9 Å². The van der Waals surface area contributed by atoms with Crippen LogP contribution in [0, 0.1) is 11.8 Å². The first-order valence-electron chi connectivity index (χ1n) is 6.24. The molecule has 2 N–H and O–H groups in total. The van der Waals surface area contributed by atoms with Crippen LogP contribution in [0.2, 0.25) is 0 Å². The lowest BCUT2D eigenvalue weighted by Crippen LogP contribution is -2.41. The summed E-state index contributed by atoms with van der Waals surface area (Å²) in [6.07, 6.45) is 9.58. The highest BCUT2D eigenvalue weighted by Gasteiger charge is 2.26. The number of aliphatic hydroxyl groups excluding tert-OH is 1. The number of hydrogen-bond acceptors (Lipinski definition) is 2. The van der Waals surface area contributed by atoms with Crippen molar-refractivity contribution in [2.24, 2.45) is 11.8 Å². The van der Waals surface area contributed by atoms with Crippen LogP contribution in [0.5, 0.6) is 0 Å². The Morgan fingerprint density at radius 1 is 1.07 bits per heavy atom. The first kappa shape index (κ1) is 10.4. The fraction of sp³-hybridized carbons (Fsp3) is 1.00. The summed E-state index contributed by atoms with van der Waals surface area (Å²) in [5.41, 5.74) is 0. The Bertz CT molecular complexity index is 162. The number of rotatable bonds is 5. The SMILES string of the molecule is OCC(NCC1CC1)C1CCCCC1. The Balaban J connectivity index is 1.71. The monoisotopic (exact) mass is 197 g/mol. The first-order chi connectivity index (χ1) is 6.90. The van der Waals surface area contributed by atoms with Gasteiger partial charge in [0.1, 0.15) is 0 Å². The molecule has 2 saturated carbocycles. The highest BCUT2D eigenvalue weighted by atomic mass is 16.3. The van der Waals surface area contributed by atoms with Crippen molar-refractivity contribution >= 4 is 0 Å². The normalized spacial score (nSPS) is 26.4. The number of hydrogen-bond donors (Lipinski definition) is 2. The van der Waals surface area contributed by atoms with E-state index in [0.717, 1.165) is 18.4 Å². The van der Waals surface area contributed by atoms with Crippen LogP contribution >= 0.6 is 0 Å². The van der Waals surface area contributed by atoms with E-state index in [0.29, 0.717) is 12.6 Å². The van der Waals surface area contributed by atoms with Gasteiger partial charge in [0, 0.05) is 6.04 Å². The Hall–Kier alpha value is -0.0800. The molecule has 14 heavy (non-hydrogen) atoms. The summed E-state index contributed by atoms with van der Waals surface area (Å²) in [6, 6.07) is 0.385. The van der Waals surface area contributed by atoms with Crippen molar-refractivity contribution in [1.29, 1.82) is 0 Å². The van der Waals surface area contributed by atoms with Gasteiger partial charge in [0.25, 0.3) is 0 Å². The third kappa shape index (κ3) is 2.96. The Morgan fingerprint density at radius 2 is 1.79 bits per heavy atom. The average Bonchev–Trinajstić information content (AvgIpc) is 3.04. The molecule has 0 aromatic carbocycles. The largest absolute Gasteiger partial charge is 0.395 e. The Labute approximate surface area is 87.1 Å². The van der Waals surface area contributed by atoms with Gasteiger partial charge in [-0.2, -0.15) is 0 Å². The summed E-state index contributed by atoms with van der Waals surface area (Å²) < 4.78 is 0. The molecule has 2 aliphatic carbocycles. The minimum Gasteiger partial charge on any atom is -0.395 e. The number of nitrogens with one attached hydrogen (secondary N) is 1. The Kier molecular flexibility index (Phi) is 3.82. The molecule has 2 rings (SSSR count). The van der Waals surface area contributed by atoms with Crippen LogP contribution < -0.4 is 5.32 Å². The highest BCUT2D eigenvalue weighted by Crippen LogP contribution is 2.30. The predicted octanol–water partition coefficient (Wildman–Crippen LogP) is 1.93. The summed E-state index contributed by atoms with van der Waals surface area (Å²) in [7, 11) is 0. The lowest BCUT2D eigenvalue weighted by Gasteiger charge is -2.29. The zero-order valence-electron chi connectivity index (χ0n) is 9.04. The smallest absolute Gasteiger partial charge is 0.0587 e. The molecule has 0 radical (unpaired) electrons. The zero-order valence-corrected chi connectivity index (χ0v) is 9.04. The first-order valence-corrected chi connectivity index (χ1v) is 6.24. The second-order valence-corrected chi connectivity index (χ2v) is 5.04. The fourth-order valence-electron chi connectivity index (χ4n) is 2.56. The summed E-state index contributed by atoms with van der Waals surface area (Å²) in [6.45, 7) is 1.47. The summed E-state index contributed by atoms with van der Waals surface area (Å²) in [5, 5.41) is 12.9. The molecule has 2 aliphatic rings. The average molecular weight is 197 g/mol. The van der Waals surface area contributed by atoms with Gasteiger partial charge in [-0.05, 0) is 44.1 Å². The van der Waals surface area contributed by atoms with Gasteiger partial charge in [-0.25, -0.2) is 0 Å². The maximum absolute atomic E-state index is 9.35. The van der Waals surface area contributed by atoms with Gasteiger partial charge in [-0.1, -0.05) is 19.3 Å². The van der Waals surface area contributed by atoms with Crippen molar-refractivity contribution in [2.75, 3.05) is 13.2 Å². The minimum absolute atomic E-state index is 0.331. The molecule has 2 fully saturated rings. The second-order valence-electron chi connectivity index (χ2n) is 5.04. The molecule has 0 aromatic rings. The predicted molar refractivity (Wildman–Crippen MR) is 58.2 cm³/mol. The quantitative estimate of drug-likeness (QED) is 0.706. The van der Waals surface area contributed by atoms with Gasteiger partial charge >= 0.3 is 0 Å². The maximum atomic E-state index is 9.35. The van der Waals surface area contributed by atoms with Crippen LogP contribution in [0.3, 0.4) is 0 Å². The lowest BCUT2D eigenvalue weighted by atomic mass is 9.84. The topological polar surface area (TPSA) is 32.3 Å². The van der Waals surface area contributed by atoms with Crippen LogP contribution in [0.25, 0.3) is 0 Å². The van der Waals surface area contributed by atoms with Crippen molar-refractivity contribution in [3.63, 3.8) is 0 Å². The molecule has 1 unspecified atom stereocenters. The lowest BCUT2D eigenvalue weighted by molar-refractivity contribution is 0.170. The van der Waals surface area contributed by atoms with E-state index in [1.807, 2.05) is 0 Å².